The number of likely N-dealkylation sites (N-methyl/N-ethyl adjacent to an activating group) is 1. The van der Waals surface area contributed by atoms with E-state index in [1.54, 1.807) is 0 Å². The summed E-state index contributed by atoms with van der Waals surface area (Å²) in [5, 5.41) is 18.2. The second kappa shape index (κ2) is 5.86. The lowest BCUT2D eigenvalue weighted by Gasteiger charge is -2.61. The molecule has 5 aliphatic rings. The van der Waals surface area contributed by atoms with Crippen molar-refractivity contribution in [1.29, 1.82) is 0 Å². The number of fused-ring (bicyclic) bond motifs is 2. The highest BCUT2D eigenvalue weighted by Gasteiger charge is 2.81. The first kappa shape index (κ1) is 19.6. The average molecular weight is 387 g/mol. The monoisotopic (exact) mass is 386 g/mol. The molecule has 0 aromatic heterocycles. The summed E-state index contributed by atoms with van der Waals surface area (Å²) in [4.78, 5) is 0. The van der Waals surface area contributed by atoms with Crippen molar-refractivity contribution in [2.75, 3.05) is 14.1 Å². The molecule has 3 N–H and O–H groups in total. The summed E-state index contributed by atoms with van der Waals surface area (Å²) >= 11 is 0. The summed E-state index contributed by atoms with van der Waals surface area (Å²) < 4.78 is 0. The summed E-state index contributed by atoms with van der Waals surface area (Å²) in [6.45, 7) is 12.0. The number of aliphatic hydroxyl groups excluding tert-OH is 1. The van der Waals surface area contributed by atoms with Gasteiger partial charge in [0.25, 0.3) is 0 Å². The molecule has 28 heavy (non-hydrogen) atoms. The van der Waals surface area contributed by atoms with Crippen LogP contribution >= 0.6 is 0 Å². The molecule has 5 rings (SSSR count). The summed E-state index contributed by atoms with van der Waals surface area (Å²) in [5.74, 6) is 1.90. The van der Waals surface area contributed by atoms with E-state index in [0.717, 1.165) is 18.3 Å². The SMILES string of the molecule is C=C1[C@@H](NC)CC[C@]23C[C@]24CC[C@]2(C)[C@@H]([C@H](C)NC)[C@H](O)C[C@@]2(C)C4CC[C@@H]13. The Labute approximate surface area is 172 Å². The van der Waals surface area contributed by atoms with Crippen LogP contribution in [0.2, 0.25) is 0 Å². The first-order valence-electron chi connectivity index (χ1n) is 11.9. The van der Waals surface area contributed by atoms with Crippen LogP contribution in [0.15, 0.2) is 12.2 Å². The largest absolute Gasteiger partial charge is 0.393 e. The third-order valence-electron chi connectivity index (χ3n) is 11.6. The van der Waals surface area contributed by atoms with E-state index in [1.807, 2.05) is 0 Å². The maximum Gasteiger partial charge on any atom is 0.0594 e. The fraction of sp³-hybridized carbons (Fsp3) is 0.920. The predicted molar refractivity (Wildman–Crippen MR) is 115 cm³/mol. The van der Waals surface area contributed by atoms with E-state index in [1.165, 1.54) is 50.5 Å². The van der Waals surface area contributed by atoms with Gasteiger partial charge in [-0.05, 0) is 106 Å². The molecule has 0 aromatic carbocycles. The number of nitrogens with one attached hydrogen (secondary N) is 2. The Morgan fingerprint density at radius 2 is 1.79 bits per heavy atom. The van der Waals surface area contributed by atoms with Crippen LogP contribution in [0.1, 0.15) is 72.1 Å². The molecule has 0 amide bonds. The zero-order valence-electron chi connectivity index (χ0n) is 18.8. The van der Waals surface area contributed by atoms with E-state index < -0.39 is 0 Å². The Bertz CT molecular complexity index is 692. The van der Waals surface area contributed by atoms with Gasteiger partial charge in [-0.3, -0.25) is 0 Å². The molecule has 0 aromatic rings. The van der Waals surface area contributed by atoms with Crippen LogP contribution < -0.4 is 10.6 Å². The molecule has 0 heterocycles. The van der Waals surface area contributed by atoms with Crippen LogP contribution in [0.5, 0.6) is 0 Å². The molecular weight excluding hydrogens is 344 g/mol. The van der Waals surface area contributed by atoms with Crippen molar-refractivity contribution < 1.29 is 5.11 Å². The lowest BCUT2D eigenvalue weighted by atomic mass is 9.43. The minimum Gasteiger partial charge on any atom is -0.393 e. The first-order valence-corrected chi connectivity index (χ1v) is 11.9. The molecule has 0 radical (unpaired) electrons. The Hall–Kier alpha value is -0.380. The summed E-state index contributed by atoms with van der Waals surface area (Å²) in [7, 11) is 4.17. The summed E-state index contributed by atoms with van der Waals surface area (Å²) in [5.41, 5.74) is 3.12. The standard InChI is InChI=1S/C25H42N2O/c1-15-17-7-8-20-23(4)13-19(28)21(16(2)26-5)22(23,3)11-12-25(20)14-24(17,25)10-9-18(15)27-6/h16-21,26-28H,1,7-14H2,2-6H3/t16-,17-,18-,19+,20?,21-,22+,23-,24+,25-/m0/s1. The quantitative estimate of drug-likeness (QED) is 0.639. The first-order chi connectivity index (χ1) is 13.2. The zero-order valence-corrected chi connectivity index (χ0v) is 18.8. The molecule has 0 aliphatic heterocycles. The molecule has 1 unspecified atom stereocenters. The molecule has 158 valence electrons. The molecule has 3 nitrogen and oxygen atoms in total. The molecule has 10 atom stereocenters. The fourth-order valence-corrected chi connectivity index (χ4v) is 10.1. The number of hydrogen-bond donors (Lipinski definition) is 3. The van der Waals surface area contributed by atoms with Gasteiger partial charge in [0, 0.05) is 18.0 Å². The van der Waals surface area contributed by atoms with E-state index in [4.69, 9.17) is 0 Å². The van der Waals surface area contributed by atoms with Gasteiger partial charge in [-0.25, -0.2) is 0 Å². The van der Waals surface area contributed by atoms with Crippen molar-refractivity contribution in [3.8, 4) is 0 Å². The Morgan fingerprint density at radius 1 is 1.04 bits per heavy atom. The smallest absolute Gasteiger partial charge is 0.0594 e. The third-order valence-corrected chi connectivity index (χ3v) is 11.6. The van der Waals surface area contributed by atoms with Crippen LogP contribution in [-0.2, 0) is 0 Å². The van der Waals surface area contributed by atoms with E-state index in [-0.39, 0.29) is 16.9 Å². The third kappa shape index (κ3) is 1.98. The van der Waals surface area contributed by atoms with Gasteiger partial charge in [0.05, 0.1) is 6.10 Å². The lowest BCUT2D eigenvalue weighted by Crippen LogP contribution is -2.56. The minimum absolute atomic E-state index is 0.157. The van der Waals surface area contributed by atoms with Gasteiger partial charge in [0.2, 0.25) is 0 Å². The van der Waals surface area contributed by atoms with Gasteiger partial charge < -0.3 is 15.7 Å². The van der Waals surface area contributed by atoms with Crippen LogP contribution in [-0.4, -0.2) is 37.4 Å². The molecule has 0 saturated heterocycles. The van der Waals surface area contributed by atoms with Crippen molar-refractivity contribution in [1.82, 2.24) is 10.6 Å². The predicted octanol–water partition coefficient (Wildman–Crippen LogP) is 4.12. The normalized spacial score (nSPS) is 58.4. The second-order valence-corrected chi connectivity index (χ2v) is 11.8. The van der Waals surface area contributed by atoms with E-state index in [0.29, 0.717) is 28.8 Å². The van der Waals surface area contributed by atoms with E-state index in [2.05, 4.69) is 52.1 Å². The van der Waals surface area contributed by atoms with Crippen LogP contribution in [0.4, 0.5) is 0 Å². The van der Waals surface area contributed by atoms with Crippen molar-refractivity contribution >= 4 is 0 Å². The molecule has 5 fully saturated rings. The maximum atomic E-state index is 11.2. The highest BCUT2D eigenvalue weighted by molar-refractivity contribution is 5.35. The molecule has 3 heteroatoms. The molecule has 5 aliphatic carbocycles. The highest BCUT2D eigenvalue weighted by Crippen LogP contribution is 2.87. The maximum absolute atomic E-state index is 11.2. The molecule has 5 saturated carbocycles. The summed E-state index contributed by atoms with van der Waals surface area (Å²) in [6.07, 6.45) is 10.3. The van der Waals surface area contributed by atoms with E-state index >= 15 is 0 Å². The Kier molecular flexibility index (Phi) is 4.09. The lowest BCUT2D eigenvalue weighted by molar-refractivity contribution is -0.120. The highest BCUT2D eigenvalue weighted by atomic mass is 16.3. The van der Waals surface area contributed by atoms with Crippen molar-refractivity contribution in [3.63, 3.8) is 0 Å². The van der Waals surface area contributed by atoms with Gasteiger partial charge in [0.1, 0.15) is 0 Å². The number of hydrogen-bond acceptors (Lipinski definition) is 3. The van der Waals surface area contributed by atoms with Crippen molar-refractivity contribution in [3.05, 3.63) is 12.2 Å². The second-order valence-electron chi connectivity index (χ2n) is 11.8. The minimum atomic E-state index is -0.157. The molecule has 0 bridgehead atoms. The Morgan fingerprint density at radius 3 is 2.46 bits per heavy atom. The van der Waals surface area contributed by atoms with Gasteiger partial charge in [-0.15, -0.1) is 0 Å². The van der Waals surface area contributed by atoms with Gasteiger partial charge in [-0.2, -0.15) is 0 Å². The van der Waals surface area contributed by atoms with Crippen molar-refractivity contribution in [2.45, 2.75) is 90.3 Å². The van der Waals surface area contributed by atoms with Crippen LogP contribution in [0, 0.1) is 39.4 Å². The molecule has 2 spiro atoms. The summed E-state index contributed by atoms with van der Waals surface area (Å²) in [6, 6.07) is 0.912. The van der Waals surface area contributed by atoms with Crippen LogP contribution in [0.25, 0.3) is 0 Å². The average Bonchev–Trinajstić information content (AvgIpc) is 3.27. The zero-order chi connectivity index (χ0) is 20.1. The van der Waals surface area contributed by atoms with E-state index in [9.17, 15) is 5.11 Å². The van der Waals surface area contributed by atoms with Gasteiger partial charge >= 0.3 is 0 Å². The van der Waals surface area contributed by atoms with Crippen molar-refractivity contribution in [2.24, 2.45) is 39.4 Å². The number of aliphatic hydroxyl groups is 1. The topological polar surface area (TPSA) is 44.3 Å². The van der Waals surface area contributed by atoms with Gasteiger partial charge in [-0.1, -0.05) is 26.0 Å². The molecular formula is C25H42N2O. The Balaban J connectivity index is 1.51. The fourth-order valence-electron chi connectivity index (χ4n) is 10.1. The van der Waals surface area contributed by atoms with Gasteiger partial charge in [0.15, 0.2) is 0 Å². The number of rotatable bonds is 3. The van der Waals surface area contributed by atoms with Crippen LogP contribution in [0.3, 0.4) is 0 Å².